The summed E-state index contributed by atoms with van der Waals surface area (Å²) in [5, 5.41) is 14.7. The molecule has 0 heterocycles. The normalized spacial score (nSPS) is 11.3. The number of methoxy groups -OCH3 is 2. The lowest BCUT2D eigenvalue weighted by Gasteiger charge is -2.19. The van der Waals surface area contributed by atoms with Gasteiger partial charge in [-0.15, -0.1) is 11.8 Å². The minimum absolute atomic E-state index is 0.0432. The second-order valence-corrected chi connectivity index (χ2v) is 10.0. The van der Waals surface area contributed by atoms with Gasteiger partial charge in [0, 0.05) is 16.6 Å². The van der Waals surface area contributed by atoms with E-state index in [0.29, 0.717) is 32.8 Å². The third-order valence-corrected chi connectivity index (χ3v) is 7.36. The van der Waals surface area contributed by atoms with Crippen molar-refractivity contribution in [3.05, 3.63) is 113 Å². The summed E-state index contributed by atoms with van der Waals surface area (Å²) in [4.78, 5) is 38.7. The molecule has 0 aromatic heterocycles. The van der Waals surface area contributed by atoms with Gasteiger partial charge in [0.2, 0.25) is 5.91 Å². The Bertz CT molecular complexity index is 1550. The number of hydrogen-bond acceptors (Lipinski definition) is 6. The molecule has 10 heteroatoms. The molecule has 0 bridgehead atoms. The second kappa shape index (κ2) is 13.1. The second-order valence-electron chi connectivity index (χ2n) is 8.42. The van der Waals surface area contributed by atoms with Gasteiger partial charge in [-0.1, -0.05) is 60.1 Å². The molecule has 0 aliphatic rings. The van der Waals surface area contributed by atoms with E-state index in [0.717, 1.165) is 5.56 Å². The molecule has 8 nitrogen and oxygen atoms in total. The molecule has 0 spiro atoms. The maximum atomic E-state index is 13.6. The van der Waals surface area contributed by atoms with Crippen LogP contribution in [-0.4, -0.2) is 37.1 Å². The van der Waals surface area contributed by atoms with Gasteiger partial charge in [0.25, 0.3) is 5.91 Å². The number of rotatable bonds is 10. The lowest BCUT2D eigenvalue weighted by molar-refractivity contribution is -0.115. The van der Waals surface area contributed by atoms with Crippen LogP contribution in [0.4, 0.5) is 11.4 Å². The van der Waals surface area contributed by atoms with Crippen molar-refractivity contribution in [2.45, 2.75) is 10.1 Å². The van der Waals surface area contributed by atoms with Crippen LogP contribution in [0, 0.1) is 0 Å². The molecule has 1 atom stereocenters. The standard InChI is InChI=1S/C30H25ClN2O6S/c1-38-25-17-26(39-2)24(16-23(25)31)33-29(35)27(18-9-4-3-5-10-18)40-20-12-8-11-19(15-20)32-28(34)21-13-6-7-14-22(21)30(36)37/h3-17,27H,1-2H3,(H,32,34)(H,33,35)(H,36,37). The third-order valence-electron chi connectivity index (χ3n) is 5.82. The fraction of sp³-hybridized carbons (Fsp3) is 0.100. The van der Waals surface area contributed by atoms with Crippen molar-refractivity contribution in [3.8, 4) is 11.5 Å². The maximum Gasteiger partial charge on any atom is 0.336 e. The third kappa shape index (κ3) is 6.74. The molecule has 0 aliphatic carbocycles. The predicted molar refractivity (Wildman–Crippen MR) is 156 cm³/mol. The Kier molecular flexibility index (Phi) is 9.31. The van der Waals surface area contributed by atoms with Crippen molar-refractivity contribution >= 4 is 52.5 Å². The van der Waals surface area contributed by atoms with Crippen LogP contribution in [0.2, 0.25) is 5.02 Å². The minimum atomic E-state index is -1.19. The zero-order valence-electron chi connectivity index (χ0n) is 21.5. The smallest absolute Gasteiger partial charge is 0.336 e. The fourth-order valence-electron chi connectivity index (χ4n) is 3.91. The highest BCUT2D eigenvalue weighted by Gasteiger charge is 2.24. The molecule has 0 saturated heterocycles. The molecular formula is C30H25ClN2O6S. The number of carbonyl (C=O) groups excluding carboxylic acids is 2. The van der Waals surface area contributed by atoms with Gasteiger partial charge in [-0.05, 0) is 42.0 Å². The summed E-state index contributed by atoms with van der Waals surface area (Å²) in [6.45, 7) is 0. The average molecular weight is 577 g/mol. The van der Waals surface area contributed by atoms with E-state index in [9.17, 15) is 19.5 Å². The molecule has 0 aliphatic heterocycles. The monoisotopic (exact) mass is 576 g/mol. The highest BCUT2D eigenvalue weighted by Crippen LogP contribution is 2.40. The Morgan fingerprint density at radius 1 is 0.800 bits per heavy atom. The number of hydrogen-bond donors (Lipinski definition) is 3. The molecule has 4 rings (SSSR count). The minimum Gasteiger partial charge on any atom is -0.495 e. The molecule has 2 amide bonds. The number of carboxylic acid groups (broad SMARTS) is 1. The van der Waals surface area contributed by atoms with Crippen molar-refractivity contribution in [2.24, 2.45) is 0 Å². The van der Waals surface area contributed by atoms with E-state index in [2.05, 4.69) is 10.6 Å². The van der Waals surface area contributed by atoms with Crippen molar-refractivity contribution in [1.82, 2.24) is 0 Å². The van der Waals surface area contributed by atoms with Crippen LogP contribution in [0.3, 0.4) is 0 Å². The van der Waals surface area contributed by atoms with Crippen LogP contribution in [0.1, 0.15) is 31.5 Å². The quantitative estimate of drug-likeness (QED) is 0.178. The van der Waals surface area contributed by atoms with E-state index in [1.54, 1.807) is 42.5 Å². The van der Waals surface area contributed by atoms with Crippen LogP contribution >= 0.6 is 23.4 Å². The SMILES string of the molecule is COc1cc(OC)c(NC(=O)C(Sc2cccc(NC(=O)c3ccccc3C(=O)O)c2)c2ccccc2)cc1Cl. The molecule has 0 radical (unpaired) electrons. The van der Waals surface area contributed by atoms with E-state index < -0.39 is 17.1 Å². The average Bonchev–Trinajstić information content (AvgIpc) is 2.96. The highest BCUT2D eigenvalue weighted by atomic mass is 35.5. The van der Waals surface area contributed by atoms with E-state index in [1.165, 1.54) is 38.1 Å². The van der Waals surface area contributed by atoms with E-state index in [-0.39, 0.29) is 17.0 Å². The van der Waals surface area contributed by atoms with Gasteiger partial charge >= 0.3 is 5.97 Å². The molecule has 0 saturated carbocycles. The van der Waals surface area contributed by atoms with E-state index >= 15 is 0 Å². The Hall–Kier alpha value is -4.47. The van der Waals surface area contributed by atoms with E-state index in [1.807, 2.05) is 36.4 Å². The number of ether oxygens (including phenoxy) is 2. The van der Waals surface area contributed by atoms with Gasteiger partial charge in [-0.25, -0.2) is 4.79 Å². The lowest BCUT2D eigenvalue weighted by atomic mass is 10.1. The van der Waals surface area contributed by atoms with Gasteiger partial charge in [-0.3, -0.25) is 9.59 Å². The first-order chi connectivity index (χ1) is 19.3. The molecule has 4 aromatic rings. The number of halogens is 1. The topological polar surface area (TPSA) is 114 Å². The number of benzene rings is 4. The van der Waals surface area contributed by atoms with Gasteiger partial charge < -0.3 is 25.2 Å². The highest BCUT2D eigenvalue weighted by molar-refractivity contribution is 8.00. The Morgan fingerprint density at radius 3 is 2.15 bits per heavy atom. The Labute approximate surface area is 240 Å². The fourth-order valence-corrected chi connectivity index (χ4v) is 5.23. The zero-order chi connectivity index (χ0) is 28.6. The largest absolute Gasteiger partial charge is 0.495 e. The molecule has 1 unspecified atom stereocenters. The lowest BCUT2D eigenvalue weighted by Crippen LogP contribution is -2.19. The maximum absolute atomic E-state index is 13.6. The molecule has 0 fully saturated rings. The van der Waals surface area contributed by atoms with Crippen LogP contribution in [0.25, 0.3) is 0 Å². The summed E-state index contributed by atoms with van der Waals surface area (Å²) in [6.07, 6.45) is 0. The first kappa shape index (κ1) is 28.5. The molecule has 3 N–H and O–H groups in total. The summed E-state index contributed by atoms with van der Waals surface area (Å²) in [7, 11) is 2.97. The molecule has 204 valence electrons. The van der Waals surface area contributed by atoms with Gasteiger partial charge in [0.15, 0.2) is 0 Å². The van der Waals surface area contributed by atoms with Gasteiger partial charge in [-0.2, -0.15) is 0 Å². The Morgan fingerprint density at radius 2 is 1.48 bits per heavy atom. The number of carboxylic acids is 1. The van der Waals surface area contributed by atoms with Crippen LogP contribution in [0.15, 0.2) is 95.9 Å². The summed E-state index contributed by atoms with van der Waals surface area (Å²) in [5.74, 6) is -1.27. The number of aromatic carboxylic acids is 1. The first-order valence-corrected chi connectivity index (χ1v) is 13.2. The van der Waals surface area contributed by atoms with Crippen molar-refractivity contribution in [2.75, 3.05) is 24.9 Å². The number of carbonyl (C=O) groups is 3. The van der Waals surface area contributed by atoms with Gasteiger partial charge in [0.05, 0.1) is 36.1 Å². The summed E-state index contributed by atoms with van der Waals surface area (Å²) in [5.41, 5.74) is 1.54. The Balaban J connectivity index is 1.59. The van der Waals surface area contributed by atoms with Crippen LogP contribution < -0.4 is 20.1 Å². The molecular weight excluding hydrogens is 552 g/mol. The van der Waals surface area contributed by atoms with Crippen molar-refractivity contribution < 1.29 is 29.0 Å². The van der Waals surface area contributed by atoms with Crippen LogP contribution in [-0.2, 0) is 4.79 Å². The van der Waals surface area contributed by atoms with E-state index in [4.69, 9.17) is 21.1 Å². The number of thioether (sulfide) groups is 1. The summed E-state index contributed by atoms with van der Waals surface area (Å²) < 4.78 is 10.7. The predicted octanol–water partition coefficient (Wildman–Crippen LogP) is 6.78. The van der Waals surface area contributed by atoms with Crippen LogP contribution in [0.5, 0.6) is 11.5 Å². The summed E-state index contributed by atoms with van der Waals surface area (Å²) in [6, 6.07) is 25.4. The number of amides is 2. The number of anilines is 2. The first-order valence-electron chi connectivity index (χ1n) is 12.0. The van der Waals surface area contributed by atoms with Crippen molar-refractivity contribution in [1.29, 1.82) is 0 Å². The molecule has 4 aromatic carbocycles. The number of nitrogens with one attached hydrogen (secondary N) is 2. The van der Waals surface area contributed by atoms with Crippen molar-refractivity contribution in [3.63, 3.8) is 0 Å². The summed E-state index contributed by atoms with van der Waals surface area (Å²) >= 11 is 7.58. The van der Waals surface area contributed by atoms with Gasteiger partial charge in [0.1, 0.15) is 16.7 Å². The zero-order valence-corrected chi connectivity index (χ0v) is 23.1. The molecule has 40 heavy (non-hydrogen) atoms.